The summed E-state index contributed by atoms with van der Waals surface area (Å²) in [6, 6.07) is 26.3. The van der Waals surface area contributed by atoms with E-state index in [1.807, 2.05) is 72.8 Å². The number of carbonyl (C=O) groups is 2. The van der Waals surface area contributed by atoms with Gasteiger partial charge in [0.25, 0.3) is 11.8 Å². The summed E-state index contributed by atoms with van der Waals surface area (Å²) >= 11 is 0. The van der Waals surface area contributed by atoms with Crippen molar-refractivity contribution in [2.45, 2.75) is 19.8 Å². The molecule has 3 aromatic rings. The number of benzene rings is 3. The van der Waals surface area contributed by atoms with Crippen LogP contribution in [0.25, 0.3) is 11.6 Å². The number of unbranched alkanes of at least 4 members (excludes halogenated alkanes) is 1. The van der Waals surface area contributed by atoms with Crippen molar-refractivity contribution in [2.24, 2.45) is 0 Å². The molecule has 0 radical (unpaired) electrons. The first-order valence-electron chi connectivity index (χ1n) is 10.2. The Bertz CT molecular complexity index is 1010. The van der Waals surface area contributed by atoms with Crippen LogP contribution in [0.1, 0.15) is 41.3 Å². The number of anilines is 1. The molecule has 4 heteroatoms. The smallest absolute Gasteiger partial charge is 0.256 e. The van der Waals surface area contributed by atoms with Gasteiger partial charge >= 0.3 is 0 Å². The lowest BCUT2D eigenvalue weighted by Crippen LogP contribution is -2.26. The molecule has 0 aliphatic carbocycles. The normalized spacial score (nSPS) is 11.0. The maximum Gasteiger partial charge on any atom is 0.256 e. The first-order chi connectivity index (χ1) is 14.7. The molecule has 3 rings (SSSR count). The Morgan fingerprint density at radius 3 is 2.17 bits per heavy atom. The van der Waals surface area contributed by atoms with Crippen LogP contribution in [-0.2, 0) is 4.79 Å². The summed E-state index contributed by atoms with van der Waals surface area (Å²) in [6.07, 6.45) is 3.77. The van der Waals surface area contributed by atoms with Crippen molar-refractivity contribution in [1.82, 2.24) is 5.32 Å². The van der Waals surface area contributed by atoms with Crippen LogP contribution < -0.4 is 10.6 Å². The number of amides is 2. The van der Waals surface area contributed by atoms with Crippen LogP contribution in [0.2, 0.25) is 0 Å². The van der Waals surface area contributed by atoms with E-state index in [-0.39, 0.29) is 11.8 Å². The van der Waals surface area contributed by atoms with Crippen molar-refractivity contribution in [3.8, 4) is 0 Å². The van der Waals surface area contributed by atoms with E-state index in [1.54, 1.807) is 18.2 Å². The van der Waals surface area contributed by atoms with E-state index in [9.17, 15) is 9.59 Å². The predicted octanol–water partition coefficient (Wildman–Crippen LogP) is 5.40. The number of para-hydroxylation sites is 1. The second-order valence-corrected chi connectivity index (χ2v) is 6.94. The van der Waals surface area contributed by atoms with Gasteiger partial charge in [-0.25, -0.2) is 0 Å². The van der Waals surface area contributed by atoms with Crippen molar-refractivity contribution >= 4 is 29.2 Å². The van der Waals surface area contributed by atoms with Crippen molar-refractivity contribution in [3.63, 3.8) is 0 Å². The maximum absolute atomic E-state index is 13.2. The van der Waals surface area contributed by atoms with Gasteiger partial charge in [-0.15, -0.1) is 0 Å². The van der Waals surface area contributed by atoms with Crippen LogP contribution in [0, 0.1) is 0 Å². The van der Waals surface area contributed by atoms with Crippen molar-refractivity contribution in [2.75, 3.05) is 11.9 Å². The van der Waals surface area contributed by atoms with E-state index in [0.29, 0.717) is 23.4 Å². The van der Waals surface area contributed by atoms with Gasteiger partial charge in [0.2, 0.25) is 0 Å². The Balaban J connectivity index is 1.89. The third kappa shape index (κ3) is 5.67. The highest BCUT2D eigenvalue weighted by atomic mass is 16.2. The van der Waals surface area contributed by atoms with E-state index < -0.39 is 0 Å². The van der Waals surface area contributed by atoms with Gasteiger partial charge in [-0.3, -0.25) is 9.59 Å². The first-order valence-corrected chi connectivity index (χ1v) is 10.2. The zero-order valence-electron chi connectivity index (χ0n) is 17.1. The quantitative estimate of drug-likeness (QED) is 0.303. The van der Waals surface area contributed by atoms with Crippen molar-refractivity contribution in [1.29, 1.82) is 0 Å². The minimum absolute atomic E-state index is 0.187. The molecule has 0 aliphatic heterocycles. The van der Waals surface area contributed by atoms with Crippen LogP contribution in [0.15, 0.2) is 84.9 Å². The van der Waals surface area contributed by atoms with Gasteiger partial charge in [0.1, 0.15) is 0 Å². The molecule has 0 saturated heterocycles. The molecule has 0 aliphatic rings. The maximum atomic E-state index is 13.2. The molecular weight excluding hydrogens is 372 g/mol. The van der Waals surface area contributed by atoms with E-state index in [0.717, 1.165) is 24.0 Å². The van der Waals surface area contributed by atoms with Gasteiger partial charge < -0.3 is 10.6 Å². The zero-order valence-corrected chi connectivity index (χ0v) is 17.1. The average molecular weight is 399 g/mol. The molecule has 2 amide bonds. The second kappa shape index (κ2) is 10.8. The number of carbonyl (C=O) groups excluding carboxylic acids is 2. The van der Waals surface area contributed by atoms with Gasteiger partial charge in [-0.2, -0.15) is 0 Å². The summed E-state index contributed by atoms with van der Waals surface area (Å²) in [5.74, 6) is -0.452. The number of nitrogens with one attached hydrogen (secondary N) is 2. The topological polar surface area (TPSA) is 58.2 Å². The lowest BCUT2D eigenvalue weighted by Gasteiger charge is -2.13. The fraction of sp³-hybridized carbons (Fsp3) is 0.154. The van der Waals surface area contributed by atoms with E-state index in [2.05, 4.69) is 17.6 Å². The summed E-state index contributed by atoms with van der Waals surface area (Å²) in [6.45, 7) is 2.69. The van der Waals surface area contributed by atoms with Crippen LogP contribution in [-0.4, -0.2) is 18.4 Å². The lowest BCUT2D eigenvalue weighted by molar-refractivity contribution is -0.111. The SMILES string of the molecule is CCCCNC(=O)c1ccccc1NC(=O)/C(=C/c1ccccc1)c1ccccc1. The fourth-order valence-corrected chi connectivity index (χ4v) is 3.07. The Morgan fingerprint density at radius 1 is 0.833 bits per heavy atom. The highest BCUT2D eigenvalue weighted by Gasteiger charge is 2.16. The Labute approximate surface area is 177 Å². The Hall–Kier alpha value is -3.66. The molecule has 30 heavy (non-hydrogen) atoms. The van der Waals surface area contributed by atoms with Gasteiger partial charge in [-0.1, -0.05) is 86.1 Å². The minimum atomic E-state index is -0.265. The van der Waals surface area contributed by atoms with Crippen LogP contribution in [0.3, 0.4) is 0 Å². The summed E-state index contributed by atoms with van der Waals surface area (Å²) in [5.41, 5.74) is 3.21. The number of hydrogen-bond donors (Lipinski definition) is 2. The van der Waals surface area contributed by atoms with E-state index in [1.165, 1.54) is 0 Å². The third-order valence-corrected chi connectivity index (χ3v) is 4.68. The minimum Gasteiger partial charge on any atom is -0.352 e. The molecule has 0 saturated carbocycles. The summed E-state index contributed by atoms with van der Waals surface area (Å²) < 4.78 is 0. The zero-order chi connectivity index (χ0) is 21.2. The van der Waals surface area contributed by atoms with Crippen LogP contribution >= 0.6 is 0 Å². The molecule has 0 unspecified atom stereocenters. The Morgan fingerprint density at radius 2 is 1.47 bits per heavy atom. The molecule has 152 valence electrons. The standard InChI is InChI=1S/C26H26N2O2/c1-2-3-18-27-25(29)22-16-10-11-17-24(22)28-26(30)23(21-14-8-5-9-15-21)19-20-12-6-4-7-13-20/h4-17,19H,2-3,18H2,1H3,(H,27,29)(H,28,30)/b23-19+. The van der Waals surface area contributed by atoms with Gasteiger partial charge in [0.15, 0.2) is 0 Å². The van der Waals surface area contributed by atoms with Crippen LogP contribution in [0.5, 0.6) is 0 Å². The second-order valence-electron chi connectivity index (χ2n) is 6.94. The van der Waals surface area contributed by atoms with Gasteiger partial charge in [-0.05, 0) is 35.8 Å². The highest BCUT2D eigenvalue weighted by molar-refractivity contribution is 6.29. The Kier molecular flexibility index (Phi) is 7.56. The molecule has 0 atom stereocenters. The molecule has 0 bridgehead atoms. The summed E-state index contributed by atoms with van der Waals surface area (Å²) in [4.78, 5) is 25.8. The van der Waals surface area contributed by atoms with Gasteiger partial charge in [0.05, 0.1) is 11.3 Å². The highest BCUT2D eigenvalue weighted by Crippen LogP contribution is 2.22. The molecule has 0 heterocycles. The van der Waals surface area contributed by atoms with Crippen molar-refractivity contribution in [3.05, 3.63) is 102 Å². The fourth-order valence-electron chi connectivity index (χ4n) is 3.07. The molecule has 4 nitrogen and oxygen atoms in total. The van der Waals surface area contributed by atoms with E-state index in [4.69, 9.17) is 0 Å². The number of rotatable bonds is 8. The molecule has 0 aromatic heterocycles. The monoisotopic (exact) mass is 398 g/mol. The molecule has 0 spiro atoms. The summed E-state index contributed by atoms with van der Waals surface area (Å²) in [7, 11) is 0. The van der Waals surface area contributed by atoms with Gasteiger partial charge in [0, 0.05) is 12.1 Å². The van der Waals surface area contributed by atoms with Crippen molar-refractivity contribution < 1.29 is 9.59 Å². The van der Waals surface area contributed by atoms with Crippen LogP contribution in [0.4, 0.5) is 5.69 Å². The molecule has 0 fully saturated rings. The lowest BCUT2D eigenvalue weighted by atomic mass is 10.0. The number of hydrogen-bond acceptors (Lipinski definition) is 2. The van der Waals surface area contributed by atoms with E-state index >= 15 is 0 Å². The molecule has 3 aromatic carbocycles. The first kappa shape index (κ1) is 21.1. The molecule has 2 N–H and O–H groups in total. The predicted molar refractivity (Wildman–Crippen MR) is 123 cm³/mol. The average Bonchev–Trinajstić information content (AvgIpc) is 2.79. The summed E-state index contributed by atoms with van der Waals surface area (Å²) in [5, 5.41) is 5.84. The molecular formula is C26H26N2O2. The third-order valence-electron chi connectivity index (χ3n) is 4.68. The largest absolute Gasteiger partial charge is 0.352 e.